The summed E-state index contributed by atoms with van der Waals surface area (Å²) < 4.78 is 5.44. The van der Waals surface area contributed by atoms with Gasteiger partial charge < -0.3 is 14.6 Å². The Kier molecular flexibility index (Phi) is 4.17. The Bertz CT molecular complexity index is 871. The van der Waals surface area contributed by atoms with Gasteiger partial charge in [-0.3, -0.25) is 9.59 Å². The fraction of sp³-hybridized carbons (Fsp3) is 0.400. The Labute approximate surface area is 146 Å². The lowest BCUT2D eigenvalue weighted by Crippen LogP contribution is -2.42. The molecule has 0 radical (unpaired) electrons. The topological polar surface area (TPSA) is 62.4 Å². The van der Waals surface area contributed by atoms with E-state index in [0.29, 0.717) is 19.6 Å². The summed E-state index contributed by atoms with van der Waals surface area (Å²) in [6.07, 6.45) is 3.41. The van der Waals surface area contributed by atoms with E-state index in [1.165, 1.54) is 11.1 Å². The highest BCUT2D eigenvalue weighted by molar-refractivity contribution is 5.94. The zero-order valence-corrected chi connectivity index (χ0v) is 14.4. The van der Waals surface area contributed by atoms with E-state index in [0.717, 1.165) is 30.5 Å². The molecule has 4 rings (SSSR count). The van der Waals surface area contributed by atoms with Crippen LogP contribution in [0, 0.1) is 0 Å². The number of amides is 1. The minimum Gasteiger partial charge on any atom is -0.376 e. The van der Waals surface area contributed by atoms with Crippen molar-refractivity contribution in [2.24, 2.45) is 0 Å². The molecule has 1 aromatic carbocycles. The van der Waals surface area contributed by atoms with Gasteiger partial charge in [-0.25, -0.2) is 0 Å². The van der Waals surface area contributed by atoms with Gasteiger partial charge in [-0.2, -0.15) is 0 Å². The van der Waals surface area contributed by atoms with Crippen LogP contribution in [0.15, 0.2) is 35.1 Å². The summed E-state index contributed by atoms with van der Waals surface area (Å²) in [6, 6.07) is 10.2. The zero-order valence-electron chi connectivity index (χ0n) is 14.4. The predicted molar refractivity (Wildman–Crippen MR) is 94.8 cm³/mol. The molecule has 0 saturated heterocycles. The van der Waals surface area contributed by atoms with Gasteiger partial charge in [0, 0.05) is 25.2 Å². The number of ether oxygens (including phenoxy) is 1. The molecular weight excluding hydrogens is 316 g/mol. The first-order valence-electron chi connectivity index (χ1n) is 8.80. The van der Waals surface area contributed by atoms with E-state index in [1.54, 1.807) is 18.0 Å². The third-order valence-electron chi connectivity index (χ3n) is 5.39. The number of aromatic nitrogens is 1. The van der Waals surface area contributed by atoms with Crippen LogP contribution >= 0.6 is 0 Å². The molecule has 5 heteroatoms. The molecule has 2 aliphatic rings. The Morgan fingerprint density at radius 1 is 1.20 bits per heavy atom. The van der Waals surface area contributed by atoms with Crippen LogP contribution in [0.5, 0.6) is 0 Å². The summed E-state index contributed by atoms with van der Waals surface area (Å²) in [4.78, 5) is 29.9. The van der Waals surface area contributed by atoms with Crippen molar-refractivity contribution in [3.05, 3.63) is 68.6 Å². The van der Waals surface area contributed by atoms with Gasteiger partial charge in [-0.15, -0.1) is 0 Å². The van der Waals surface area contributed by atoms with Gasteiger partial charge in [0.1, 0.15) is 5.56 Å². The van der Waals surface area contributed by atoms with Crippen LogP contribution in [0.1, 0.15) is 39.2 Å². The fourth-order valence-corrected chi connectivity index (χ4v) is 3.84. The average molecular weight is 338 g/mol. The number of pyridine rings is 1. The quantitative estimate of drug-likeness (QED) is 0.912. The summed E-state index contributed by atoms with van der Waals surface area (Å²) in [6.45, 7) is 1.06. The number of rotatable bonds is 2. The zero-order chi connectivity index (χ0) is 17.4. The molecule has 25 heavy (non-hydrogen) atoms. The van der Waals surface area contributed by atoms with E-state index in [9.17, 15) is 9.59 Å². The lowest BCUT2D eigenvalue weighted by molar-refractivity contribution is 0.0715. The van der Waals surface area contributed by atoms with E-state index in [1.807, 2.05) is 6.07 Å². The highest BCUT2D eigenvalue weighted by Gasteiger charge is 2.27. The van der Waals surface area contributed by atoms with Crippen LogP contribution in [0.25, 0.3) is 0 Å². The van der Waals surface area contributed by atoms with E-state index in [4.69, 9.17) is 4.74 Å². The van der Waals surface area contributed by atoms with Crippen molar-refractivity contribution < 1.29 is 9.53 Å². The number of aryl methyl sites for hydroxylation is 1. The number of nitrogens with zero attached hydrogens (tertiary/aromatic N) is 1. The largest absolute Gasteiger partial charge is 0.376 e. The van der Waals surface area contributed by atoms with Crippen molar-refractivity contribution >= 4 is 5.91 Å². The van der Waals surface area contributed by atoms with E-state index in [-0.39, 0.29) is 23.1 Å². The molecule has 1 unspecified atom stereocenters. The van der Waals surface area contributed by atoms with Crippen molar-refractivity contribution in [1.29, 1.82) is 0 Å². The lowest BCUT2D eigenvalue weighted by atomic mass is 9.87. The molecule has 1 aliphatic heterocycles. The van der Waals surface area contributed by atoms with Crippen molar-refractivity contribution in [2.75, 3.05) is 13.7 Å². The normalized spacial score (nSPS) is 19.0. The number of fused-ring (bicyclic) bond motifs is 2. The summed E-state index contributed by atoms with van der Waals surface area (Å²) in [5.41, 5.74) is 4.38. The molecular formula is C20H22N2O3. The second kappa shape index (κ2) is 6.48. The number of aromatic amines is 1. The monoisotopic (exact) mass is 338 g/mol. The van der Waals surface area contributed by atoms with Crippen LogP contribution in [0.2, 0.25) is 0 Å². The van der Waals surface area contributed by atoms with Crippen molar-refractivity contribution in [3.8, 4) is 0 Å². The second-order valence-corrected chi connectivity index (χ2v) is 6.90. The van der Waals surface area contributed by atoms with Gasteiger partial charge in [0.2, 0.25) is 0 Å². The molecule has 0 bridgehead atoms. The number of carbonyl (C=O) groups is 1. The minimum atomic E-state index is -0.297. The van der Waals surface area contributed by atoms with Gasteiger partial charge in [0.05, 0.1) is 13.2 Å². The highest BCUT2D eigenvalue weighted by Crippen LogP contribution is 2.24. The van der Waals surface area contributed by atoms with Gasteiger partial charge in [0.25, 0.3) is 11.5 Å². The minimum absolute atomic E-state index is 0.120. The molecule has 2 aromatic rings. The first-order chi connectivity index (χ1) is 12.1. The van der Waals surface area contributed by atoms with Gasteiger partial charge in [-0.05, 0) is 42.0 Å². The van der Waals surface area contributed by atoms with Crippen LogP contribution < -0.4 is 5.56 Å². The summed E-state index contributed by atoms with van der Waals surface area (Å²) in [5.74, 6) is -0.209. The molecule has 5 nitrogen and oxygen atoms in total. The second-order valence-electron chi connectivity index (χ2n) is 6.90. The van der Waals surface area contributed by atoms with Gasteiger partial charge in [-0.1, -0.05) is 24.3 Å². The van der Waals surface area contributed by atoms with Crippen LogP contribution in [-0.4, -0.2) is 35.5 Å². The maximum Gasteiger partial charge on any atom is 0.261 e. The van der Waals surface area contributed by atoms with E-state index < -0.39 is 0 Å². The number of carbonyl (C=O) groups excluding carboxylic acids is 1. The average Bonchev–Trinajstić information content (AvgIpc) is 2.66. The lowest BCUT2D eigenvalue weighted by Gasteiger charge is -2.32. The third-order valence-corrected chi connectivity index (χ3v) is 5.39. The smallest absolute Gasteiger partial charge is 0.261 e. The molecule has 1 aromatic heterocycles. The Balaban J connectivity index is 1.58. The Morgan fingerprint density at radius 2 is 2.00 bits per heavy atom. The number of hydrogen-bond acceptors (Lipinski definition) is 3. The molecule has 0 spiro atoms. The number of likely N-dealkylation sites (N-methyl/N-ethyl adjacent to an activating group) is 1. The molecule has 1 N–H and O–H groups in total. The Morgan fingerprint density at radius 3 is 2.84 bits per heavy atom. The SMILES string of the molecule is CN(C(=O)c1cc2c([nH]c1=O)CCOC2)C1CCc2ccccc2C1. The number of benzene rings is 1. The van der Waals surface area contributed by atoms with E-state index in [2.05, 4.69) is 23.2 Å². The highest BCUT2D eigenvalue weighted by atomic mass is 16.5. The van der Waals surface area contributed by atoms with Crippen molar-refractivity contribution in [2.45, 2.75) is 38.3 Å². The fourth-order valence-electron chi connectivity index (χ4n) is 3.84. The van der Waals surface area contributed by atoms with Gasteiger partial charge >= 0.3 is 0 Å². The van der Waals surface area contributed by atoms with Crippen LogP contribution in [0.3, 0.4) is 0 Å². The van der Waals surface area contributed by atoms with Crippen molar-refractivity contribution in [1.82, 2.24) is 9.88 Å². The Hall–Kier alpha value is -2.40. The maximum atomic E-state index is 12.9. The summed E-state index contributed by atoms with van der Waals surface area (Å²) in [7, 11) is 1.80. The predicted octanol–water partition coefficient (Wildman–Crippen LogP) is 2.08. The third kappa shape index (κ3) is 3.00. The first kappa shape index (κ1) is 16.1. The van der Waals surface area contributed by atoms with Crippen LogP contribution in [0.4, 0.5) is 0 Å². The van der Waals surface area contributed by atoms with Crippen LogP contribution in [-0.2, 0) is 30.6 Å². The molecule has 0 fully saturated rings. The number of H-pyrrole nitrogens is 1. The summed E-state index contributed by atoms with van der Waals surface area (Å²) >= 11 is 0. The first-order valence-corrected chi connectivity index (χ1v) is 8.80. The number of nitrogens with one attached hydrogen (secondary N) is 1. The molecule has 0 saturated carbocycles. The molecule has 1 amide bonds. The standard InChI is InChI=1S/C20H22N2O3/c1-22(16-7-6-13-4-2-3-5-14(13)10-16)20(24)17-11-15-12-25-9-8-18(15)21-19(17)23/h2-5,11,16H,6-10,12H2,1H3,(H,21,23). The van der Waals surface area contributed by atoms with E-state index >= 15 is 0 Å². The summed E-state index contributed by atoms with van der Waals surface area (Å²) in [5, 5.41) is 0. The maximum absolute atomic E-state index is 12.9. The molecule has 1 aliphatic carbocycles. The van der Waals surface area contributed by atoms with Crippen molar-refractivity contribution in [3.63, 3.8) is 0 Å². The number of hydrogen-bond donors (Lipinski definition) is 1. The molecule has 1 atom stereocenters. The molecule has 2 heterocycles. The molecule has 130 valence electrons. The van der Waals surface area contributed by atoms with Gasteiger partial charge in [0.15, 0.2) is 0 Å².